The van der Waals surface area contributed by atoms with Gasteiger partial charge in [-0.3, -0.25) is 4.79 Å². The van der Waals surface area contributed by atoms with E-state index in [0.29, 0.717) is 19.6 Å². The molecule has 1 aliphatic carbocycles. The summed E-state index contributed by atoms with van der Waals surface area (Å²) in [5, 5.41) is 14.7. The van der Waals surface area contributed by atoms with Gasteiger partial charge in [-0.05, 0) is 43.7 Å². The number of hydrogen-bond acceptors (Lipinski definition) is 7. The maximum absolute atomic E-state index is 14.1. The molecule has 2 bridgehead atoms. The van der Waals surface area contributed by atoms with Crippen molar-refractivity contribution in [1.29, 1.82) is 0 Å². The molecule has 0 radical (unpaired) electrons. The average Bonchev–Trinajstić information content (AvgIpc) is 3.55. The van der Waals surface area contributed by atoms with Gasteiger partial charge >= 0.3 is 6.18 Å². The van der Waals surface area contributed by atoms with Crippen molar-refractivity contribution >= 4 is 11.7 Å². The fraction of sp³-hybridized carbons (Fsp3) is 0.769. The number of aliphatic hydroxyl groups is 1. The van der Waals surface area contributed by atoms with Crippen LogP contribution in [0.25, 0.3) is 0 Å². The fourth-order valence-electron chi connectivity index (χ4n) is 6.87. The lowest BCUT2D eigenvalue weighted by Gasteiger charge is -2.41. The van der Waals surface area contributed by atoms with Gasteiger partial charge in [0.05, 0.1) is 41.9 Å². The summed E-state index contributed by atoms with van der Waals surface area (Å²) < 4.78 is 50.8. The van der Waals surface area contributed by atoms with Crippen LogP contribution in [-0.2, 0) is 20.4 Å². The van der Waals surface area contributed by atoms with Gasteiger partial charge in [0.25, 0.3) is 0 Å². The topological polar surface area (TPSA) is 87.2 Å². The van der Waals surface area contributed by atoms with Crippen molar-refractivity contribution < 1.29 is 32.5 Å². The van der Waals surface area contributed by atoms with Crippen molar-refractivity contribution in [3.05, 3.63) is 23.9 Å². The zero-order valence-electron chi connectivity index (χ0n) is 21.6. The van der Waals surface area contributed by atoms with Crippen LogP contribution in [0, 0.1) is 11.3 Å². The molecule has 8 nitrogen and oxygen atoms in total. The Kier molecular flexibility index (Phi) is 7.19. The number of alkyl halides is 3. The molecule has 7 atom stereocenters. The Morgan fingerprint density at radius 3 is 2.73 bits per heavy atom. The van der Waals surface area contributed by atoms with Crippen LogP contribution in [0.1, 0.15) is 45.1 Å². The predicted molar refractivity (Wildman–Crippen MR) is 130 cm³/mol. The smallest absolute Gasteiger partial charge is 0.389 e. The Morgan fingerprint density at radius 2 is 2.08 bits per heavy atom. The number of carbonyl (C=O) groups excluding carboxylic acids is 1. The molecule has 1 amide bonds. The molecule has 4 aliphatic rings. The van der Waals surface area contributed by atoms with Crippen LogP contribution in [0.4, 0.5) is 19.0 Å². The molecule has 5 rings (SSSR count). The third-order valence-corrected chi connectivity index (χ3v) is 9.12. The summed E-state index contributed by atoms with van der Waals surface area (Å²) in [6.45, 7) is 5.94. The number of rotatable bonds is 6. The van der Waals surface area contributed by atoms with Crippen molar-refractivity contribution in [1.82, 2.24) is 15.2 Å². The second-order valence-corrected chi connectivity index (χ2v) is 11.3. The Hall–Kier alpha value is -1.95. The molecule has 1 aromatic rings. The molecule has 3 aliphatic heterocycles. The van der Waals surface area contributed by atoms with Gasteiger partial charge in [0.1, 0.15) is 5.82 Å². The molecule has 1 saturated carbocycles. The highest BCUT2D eigenvalue weighted by molar-refractivity contribution is 5.85. The van der Waals surface area contributed by atoms with Crippen LogP contribution in [0.2, 0.25) is 0 Å². The molecule has 0 unspecified atom stereocenters. The quantitative estimate of drug-likeness (QED) is 0.589. The summed E-state index contributed by atoms with van der Waals surface area (Å²) in [6.07, 6.45) is -0.970. The standard InChI is InChI=1S/C26H37F3N4O4/c1-15(2)25(7-4-17(11-25)31-18-6-9-37-14-21(18)36-3)24(35)33-13-19-23(34)20(33)12-32(19)22-10-16(5-8-30-22)26(27,28)29/h5,8,10,15,17-21,23,31,34H,4,6-7,9,11-14H2,1-3H3/t17-,18+,19-,20-,21-,23+,25+/m1/s1. The molecular formula is C26H37F3N4O4. The average molecular weight is 527 g/mol. The number of piperazine rings is 1. The molecule has 0 aromatic carbocycles. The third-order valence-electron chi connectivity index (χ3n) is 9.12. The first-order valence-electron chi connectivity index (χ1n) is 13.2. The number of ether oxygens (including phenoxy) is 2. The number of aliphatic hydroxyl groups excluding tert-OH is 1. The number of methoxy groups -OCH3 is 1. The highest BCUT2D eigenvalue weighted by atomic mass is 19.4. The Balaban J connectivity index is 1.29. The summed E-state index contributed by atoms with van der Waals surface area (Å²) in [5.41, 5.74) is -1.32. The van der Waals surface area contributed by atoms with Crippen LogP contribution in [0.5, 0.6) is 0 Å². The van der Waals surface area contributed by atoms with Gasteiger partial charge in [0.15, 0.2) is 0 Å². The number of nitrogens with one attached hydrogen (secondary N) is 1. The van der Waals surface area contributed by atoms with Gasteiger partial charge in [0.2, 0.25) is 5.91 Å². The van der Waals surface area contributed by atoms with E-state index in [1.165, 1.54) is 0 Å². The highest BCUT2D eigenvalue weighted by Gasteiger charge is 2.58. The summed E-state index contributed by atoms with van der Waals surface area (Å²) in [7, 11) is 1.69. The van der Waals surface area contributed by atoms with E-state index in [1.54, 1.807) is 16.9 Å². The SMILES string of the molecule is CO[C@@H]1COCC[C@@H]1N[C@@H]1CC[C@@](C(=O)N2C[C@@H]3[C@H](O)[C@H]2CN3c2cc(C(F)(F)F)ccn2)(C(C)C)C1. The highest BCUT2D eigenvalue weighted by Crippen LogP contribution is 2.48. The van der Waals surface area contributed by atoms with Crippen LogP contribution in [0.15, 0.2) is 18.3 Å². The Bertz CT molecular complexity index is 995. The van der Waals surface area contributed by atoms with Crippen molar-refractivity contribution in [2.45, 2.75) is 82.1 Å². The Morgan fingerprint density at radius 1 is 1.30 bits per heavy atom. The second-order valence-electron chi connectivity index (χ2n) is 11.3. The van der Waals surface area contributed by atoms with Crippen LogP contribution >= 0.6 is 0 Å². The van der Waals surface area contributed by atoms with E-state index in [1.807, 2.05) is 0 Å². The lowest BCUT2D eigenvalue weighted by Crippen LogP contribution is -2.55. The number of halogens is 3. The van der Waals surface area contributed by atoms with Crippen molar-refractivity contribution in [2.24, 2.45) is 11.3 Å². The van der Waals surface area contributed by atoms with Gasteiger partial charge in [0, 0.05) is 45.1 Å². The largest absolute Gasteiger partial charge is 0.416 e. The second kappa shape index (κ2) is 9.98. The molecule has 0 spiro atoms. The van der Waals surface area contributed by atoms with Gasteiger partial charge in [-0.25, -0.2) is 4.98 Å². The number of aromatic nitrogens is 1. The first kappa shape index (κ1) is 26.6. The number of nitrogens with zero attached hydrogens (tertiary/aromatic N) is 3. The number of anilines is 1. The monoisotopic (exact) mass is 526 g/mol. The van der Waals surface area contributed by atoms with E-state index in [9.17, 15) is 23.1 Å². The maximum Gasteiger partial charge on any atom is 0.416 e. The summed E-state index contributed by atoms with van der Waals surface area (Å²) >= 11 is 0. The van der Waals surface area contributed by atoms with Crippen molar-refractivity contribution in [3.63, 3.8) is 0 Å². The summed E-state index contributed by atoms with van der Waals surface area (Å²) in [6, 6.07) is 1.38. The van der Waals surface area contributed by atoms with Crippen LogP contribution in [-0.4, -0.2) is 90.7 Å². The van der Waals surface area contributed by atoms with Crippen LogP contribution < -0.4 is 10.2 Å². The molecule has 2 N–H and O–H groups in total. The molecule has 37 heavy (non-hydrogen) atoms. The first-order valence-corrected chi connectivity index (χ1v) is 13.2. The van der Waals surface area contributed by atoms with Gasteiger partial charge in [-0.15, -0.1) is 0 Å². The number of fused-ring (bicyclic) bond motifs is 2. The molecule has 4 fully saturated rings. The lowest BCUT2D eigenvalue weighted by molar-refractivity contribution is -0.146. The number of carbonyl (C=O) groups is 1. The first-order chi connectivity index (χ1) is 17.5. The van der Waals surface area contributed by atoms with E-state index in [-0.39, 0.29) is 48.9 Å². The lowest BCUT2D eigenvalue weighted by atomic mass is 9.74. The van der Waals surface area contributed by atoms with E-state index >= 15 is 0 Å². The van der Waals surface area contributed by atoms with E-state index in [0.717, 1.165) is 37.6 Å². The van der Waals surface area contributed by atoms with Crippen molar-refractivity contribution in [2.75, 3.05) is 38.3 Å². The van der Waals surface area contributed by atoms with Gasteiger partial charge in [-0.1, -0.05) is 13.8 Å². The third kappa shape index (κ3) is 4.72. The Labute approximate surface area is 215 Å². The van der Waals surface area contributed by atoms with Crippen molar-refractivity contribution in [3.8, 4) is 0 Å². The minimum atomic E-state index is -4.47. The van der Waals surface area contributed by atoms with E-state index in [2.05, 4.69) is 24.1 Å². The molecule has 11 heteroatoms. The molecule has 206 valence electrons. The zero-order chi connectivity index (χ0) is 26.5. The minimum Gasteiger partial charge on any atom is -0.389 e. The van der Waals surface area contributed by atoms with E-state index in [4.69, 9.17) is 9.47 Å². The normalized spacial score (nSPS) is 36.1. The molecular weight excluding hydrogens is 489 g/mol. The number of pyridine rings is 1. The maximum atomic E-state index is 14.1. The fourth-order valence-corrected chi connectivity index (χ4v) is 6.87. The van der Waals surface area contributed by atoms with Crippen LogP contribution in [0.3, 0.4) is 0 Å². The minimum absolute atomic E-state index is 0.0154. The molecule has 4 heterocycles. The van der Waals surface area contributed by atoms with E-state index < -0.39 is 35.3 Å². The van der Waals surface area contributed by atoms with Gasteiger partial charge in [-0.2, -0.15) is 13.2 Å². The predicted octanol–water partition coefficient (Wildman–Crippen LogP) is 2.45. The number of hydrogen-bond donors (Lipinski definition) is 2. The summed E-state index contributed by atoms with van der Waals surface area (Å²) in [5.74, 6) is 0.337. The van der Waals surface area contributed by atoms with Gasteiger partial charge < -0.3 is 29.7 Å². The molecule has 3 saturated heterocycles. The number of likely N-dealkylation sites (tertiary alicyclic amines) is 1. The number of amides is 1. The molecule has 1 aromatic heterocycles. The summed E-state index contributed by atoms with van der Waals surface area (Å²) in [4.78, 5) is 21.7. The zero-order valence-corrected chi connectivity index (χ0v) is 21.6.